The third-order valence-electron chi connectivity index (χ3n) is 1.43. The molecule has 0 amide bonds. The third-order valence-corrected chi connectivity index (χ3v) is 1.43. The molecule has 0 aromatic carbocycles. The summed E-state index contributed by atoms with van der Waals surface area (Å²) in [6.45, 7) is 6.00. The minimum absolute atomic E-state index is 0.157. The van der Waals surface area contributed by atoms with Gasteiger partial charge in [0.05, 0.1) is 13.2 Å². The molecule has 1 unspecified atom stereocenters. The summed E-state index contributed by atoms with van der Waals surface area (Å²) in [5, 5.41) is 0. The second kappa shape index (κ2) is 8.58. The molecule has 0 heterocycles. The van der Waals surface area contributed by atoms with E-state index in [2.05, 4.69) is 12.8 Å². The van der Waals surface area contributed by atoms with Crippen molar-refractivity contribution in [3.05, 3.63) is 6.42 Å². The Morgan fingerprint density at radius 3 is 2.50 bits per heavy atom. The number of hydrogen-bond donors (Lipinski definition) is 0. The van der Waals surface area contributed by atoms with Crippen molar-refractivity contribution in [1.29, 1.82) is 0 Å². The van der Waals surface area contributed by atoms with Crippen molar-refractivity contribution in [2.24, 2.45) is 0 Å². The second-order valence-corrected chi connectivity index (χ2v) is 2.52. The summed E-state index contributed by atoms with van der Waals surface area (Å²) in [4.78, 5) is 0. The molecule has 0 N–H and O–H groups in total. The fraction of sp³-hybridized carbons (Fsp3) is 0.800. The van der Waals surface area contributed by atoms with E-state index in [4.69, 9.17) is 15.9 Å². The maximum Gasteiger partial charge on any atom is 0.119 e. The highest BCUT2D eigenvalue weighted by Crippen LogP contribution is 1.95. The van der Waals surface area contributed by atoms with Crippen LogP contribution in [0.2, 0.25) is 0 Å². The highest BCUT2D eigenvalue weighted by atomic mass is 16.5. The molecule has 0 aliphatic heterocycles. The Morgan fingerprint density at radius 1 is 1.25 bits per heavy atom. The Morgan fingerprint density at radius 2 is 2.00 bits per heavy atom. The van der Waals surface area contributed by atoms with Crippen LogP contribution >= 0.6 is 0 Å². The molecule has 2 heteroatoms. The van der Waals surface area contributed by atoms with Crippen LogP contribution in [0.5, 0.6) is 0 Å². The summed E-state index contributed by atoms with van der Waals surface area (Å²) in [5.41, 5.74) is 0. The summed E-state index contributed by atoms with van der Waals surface area (Å²) < 4.78 is 10.5. The van der Waals surface area contributed by atoms with Gasteiger partial charge in [0.1, 0.15) is 6.10 Å². The van der Waals surface area contributed by atoms with Gasteiger partial charge in [0.25, 0.3) is 0 Å². The Labute approximate surface area is 75.3 Å². The third kappa shape index (κ3) is 6.21. The van der Waals surface area contributed by atoms with Gasteiger partial charge in [-0.3, -0.25) is 0 Å². The molecule has 0 saturated heterocycles. The largest absolute Gasteiger partial charge is 0.379 e. The highest BCUT2D eigenvalue weighted by Gasteiger charge is 1.99. The molecule has 0 aromatic heterocycles. The Kier molecular flexibility index (Phi) is 8.20. The summed E-state index contributed by atoms with van der Waals surface area (Å²) in [7, 11) is 0. The van der Waals surface area contributed by atoms with Gasteiger partial charge in [0.2, 0.25) is 0 Å². The minimum Gasteiger partial charge on any atom is -0.379 e. The second-order valence-electron chi connectivity index (χ2n) is 2.52. The van der Waals surface area contributed by atoms with E-state index in [0.717, 1.165) is 19.4 Å². The van der Waals surface area contributed by atoms with Gasteiger partial charge in [-0.1, -0.05) is 19.8 Å². The monoisotopic (exact) mass is 169 g/mol. The first-order valence-corrected chi connectivity index (χ1v) is 4.46. The SMILES string of the molecule is [C]#CC(CC)OCCOCCC. The van der Waals surface area contributed by atoms with Crippen LogP contribution in [0.15, 0.2) is 0 Å². The molecule has 0 bridgehead atoms. The molecule has 0 aliphatic carbocycles. The fourth-order valence-electron chi connectivity index (χ4n) is 0.757. The normalized spacial score (nSPS) is 12.4. The minimum atomic E-state index is -0.157. The van der Waals surface area contributed by atoms with E-state index < -0.39 is 0 Å². The van der Waals surface area contributed by atoms with Crippen molar-refractivity contribution < 1.29 is 9.47 Å². The van der Waals surface area contributed by atoms with E-state index in [0.29, 0.717) is 13.2 Å². The first-order valence-electron chi connectivity index (χ1n) is 4.46. The van der Waals surface area contributed by atoms with Crippen molar-refractivity contribution in [2.75, 3.05) is 19.8 Å². The lowest BCUT2D eigenvalue weighted by Crippen LogP contribution is -2.13. The quantitative estimate of drug-likeness (QED) is 0.427. The summed E-state index contributed by atoms with van der Waals surface area (Å²) in [5.74, 6) is 2.31. The highest BCUT2D eigenvalue weighted by molar-refractivity contribution is 4.87. The van der Waals surface area contributed by atoms with Gasteiger partial charge >= 0.3 is 0 Å². The standard InChI is InChI=1S/C10H17O2/c1-4-7-11-8-9-12-10(5-2)6-3/h10H,4-5,7-9H2,1-2H3. The van der Waals surface area contributed by atoms with Crippen LogP contribution in [0.4, 0.5) is 0 Å². The summed E-state index contributed by atoms with van der Waals surface area (Å²) in [6, 6.07) is 0. The zero-order valence-corrected chi connectivity index (χ0v) is 7.93. The predicted octanol–water partition coefficient (Wildman–Crippen LogP) is 1.80. The van der Waals surface area contributed by atoms with E-state index in [-0.39, 0.29) is 6.10 Å². The van der Waals surface area contributed by atoms with Crippen LogP contribution in [0, 0.1) is 12.3 Å². The lowest BCUT2D eigenvalue weighted by molar-refractivity contribution is 0.0256. The molecular formula is C10H17O2. The molecule has 0 aliphatic rings. The maximum atomic E-state index is 6.86. The maximum absolute atomic E-state index is 6.86. The molecule has 0 rings (SSSR count). The van der Waals surface area contributed by atoms with Crippen molar-refractivity contribution in [1.82, 2.24) is 0 Å². The van der Waals surface area contributed by atoms with Crippen LogP contribution in [0.1, 0.15) is 26.7 Å². The van der Waals surface area contributed by atoms with Crippen molar-refractivity contribution in [2.45, 2.75) is 32.8 Å². The van der Waals surface area contributed by atoms with Gasteiger partial charge in [0, 0.05) is 6.61 Å². The molecule has 1 atom stereocenters. The van der Waals surface area contributed by atoms with Crippen molar-refractivity contribution in [3.63, 3.8) is 0 Å². The molecule has 0 saturated carbocycles. The van der Waals surface area contributed by atoms with Gasteiger partial charge < -0.3 is 9.47 Å². The van der Waals surface area contributed by atoms with Gasteiger partial charge in [0.15, 0.2) is 0 Å². The fourth-order valence-corrected chi connectivity index (χ4v) is 0.757. The average Bonchev–Trinajstić information content (AvgIpc) is 2.11. The first-order chi connectivity index (χ1) is 5.85. The van der Waals surface area contributed by atoms with E-state index in [1.165, 1.54) is 0 Å². The zero-order valence-electron chi connectivity index (χ0n) is 7.93. The topological polar surface area (TPSA) is 18.5 Å². The smallest absolute Gasteiger partial charge is 0.119 e. The Hall–Kier alpha value is -0.520. The molecular weight excluding hydrogens is 152 g/mol. The van der Waals surface area contributed by atoms with Crippen LogP contribution in [0.25, 0.3) is 0 Å². The van der Waals surface area contributed by atoms with E-state index in [9.17, 15) is 0 Å². The molecule has 2 nitrogen and oxygen atoms in total. The van der Waals surface area contributed by atoms with Crippen LogP contribution in [-0.2, 0) is 9.47 Å². The average molecular weight is 169 g/mol. The molecule has 1 radical (unpaired) electrons. The number of hydrogen-bond acceptors (Lipinski definition) is 2. The lowest BCUT2D eigenvalue weighted by atomic mass is 10.3. The van der Waals surface area contributed by atoms with E-state index >= 15 is 0 Å². The van der Waals surface area contributed by atoms with Crippen molar-refractivity contribution in [3.8, 4) is 5.92 Å². The Bertz CT molecular complexity index is 126. The molecule has 0 spiro atoms. The number of ether oxygens (including phenoxy) is 2. The summed E-state index contributed by atoms with van der Waals surface area (Å²) in [6.07, 6.45) is 8.54. The Balaban J connectivity index is 3.13. The zero-order chi connectivity index (χ0) is 9.23. The number of rotatable bonds is 7. The molecule has 69 valence electrons. The lowest BCUT2D eigenvalue weighted by Gasteiger charge is -2.09. The van der Waals surface area contributed by atoms with Crippen molar-refractivity contribution >= 4 is 0 Å². The van der Waals surface area contributed by atoms with Gasteiger partial charge in [-0.15, -0.1) is 0 Å². The first kappa shape index (κ1) is 11.5. The van der Waals surface area contributed by atoms with Gasteiger partial charge in [-0.2, -0.15) is 0 Å². The van der Waals surface area contributed by atoms with Crippen LogP contribution in [-0.4, -0.2) is 25.9 Å². The molecule has 12 heavy (non-hydrogen) atoms. The van der Waals surface area contributed by atoms with E-state index in [1.807, 2.05) is 6.92 Å². The van der Waals surface area contributed by atoms with Gasteiger partial charge in [-0.25, -0.2) is 0 Å². The predicted molar refractivity (Wildman–Crippen MR) is 48.3 cm³/mol. The molecule has 0 fully saturated rings. The van der Waals surface area contributed by atoms with E-state index in [1.54, 1.807) is 0 Å². The molecule has 0 aromatic rings. The van der Waals surface area contributed by atoms with Gasteiger partial charge in [-0.05, 0) is 19.3 Å². The van der Waals surface area contributed by atoms with Crippen LogP contribution in [0.3, 0.4) is 0 Å². The summed E-state index contributed by atoms with van der Waals surface area (Å²) >= 11 is 0. The van der Waals surface area contributed by atoms with Crippen LogP contribution < -0.4 is 0 Å².